The molecule has 3 nitrogen and oxygen atoms in total. The van der Waals surface area contributed by atoms with Gasteiger partial charge in [0.05, 0.1) is 12.5 Å². The number of nitrogens with two attached hydrogens (primary N) is 1. The molecule has 0 rings (SSSR count). The molecule has 0 spiro atoms. The molecule has 0 fully saturated rings. The quantitative estimate of drug-likeness (QED) is 0.454. The van der Waals surface area contributed by atoms with Crippen molar-refractivity contribution in [3.8, 4) is 0 Å². The van der Waals surface area contributed by atoms with Crippen LogP contribution in [0.15, 0.2) is 0 Å². The molecule has 0 saturated carbocycles. The zero-order valence-electron chi connectivity index (χ0n) is 12.4. The van der Waals surface area contributed by atoms with Gasteiger partial charge in [-0.25, -0.2) is 0 Å². The third-order valence-corrected chi connectivity index (χ3v) is 3.19. The first-order valence-electron chi connectivity index (χ1n) is 7.50. The molecule has 0 aromatic rings. The summed E-state index contributed by atoms with van der Waals surface area (Å²) in [7, 11) is 0. The number of ether oxygens (including phenoxy) is 1. The molecule has 0 bridgehead atoms. The average Bonchev–Trinajstić information content (AvgIpc) is 2.32. The largest absolute Gasteiger partial charge is 0.465 e. The van der Waals surface area contributed by atoms with Gasteiger partial charge in [-0.05, 0) is 26.2 Å². The highest BCUT2D eigenvalue weighted by molar-refractivity contribution is 5.71. The van der Waals surface area contributed by atoms with Gasteiger partial charge in [-0.3, -0.25) is 4.79 Å². The molecular formula is C15H31NO2. The van der Waals surface area contributed by atoms with Gasteiger partial charge in [-0.15, -0.1) is 0 Å². The number of esters is 1. The normalized spacial score (nSPS) is 14.2. The Balaban J connectivity index is 3.44. The molecule has 0 amide bonds. The molecule has 18 heavy (non-hydrogen) atoms. The van der Waals surface area contributed by atoms with Crippen molar-refractivity contribution in [2.75, 3.05) is 6.61 Å². The van der Waals surface area contributed by atoms with Crippen LogP contribution in [0.5, 0.6) is 0 Å². The molecule has 2 N–H and O–H groups in total. The van der Waals surface area contributed by atoms with Gasteiger partial charge in [0.25, 0.3) is 0 Å². The van der Waals surface area contributed by atoms with Crippen molar-refractivity contribution in [1.29, 1.82) is 0 Å². The van der Waals surface area contributed by atoms with Crippen molar-refractivity contribution >= 4 is 5.97 Å². The fourth-order valence-electron chi connectivity index (χ4n) is 1.88. The summed E-state index contributed by atoms with van der Waals surface area (Å²) in [6.07, 6.45) is 8.81. The smallest absolute Gasteiger partial charge is 0.308 e. The second-order valence-corrected chi connectivity index (χ2v) is 5.39. The summed E-state index contributed by atoms with van der Waals surface area (Å²) >= 11 is 0. The summed E-state index contributed by atoms with van der Waals surface area (Å²) in [5.41, 5.74) is 5.68. The van der Waals surface area contributed by atoms with Gasteiger partial charge >= 0.3 is 5.97 Å². The van der Waals surface area contributed by atoms with Gasteiger partial charge in [-0.1, -0.05) is 46.0 Å². The SMILES string of the molecule is CCCCCCCOC(=O)C(C)CCCC(C)N. The summed E-state index contributed by atoms with van der Waals surface area (Å²) in [5.74, 6) is -0.0328. The van der Waals surface area contributed by atoms with Crippen molar-refractivity contribution < 1.29 is 9.53 Å². The minimum Gasteiger partial charge on any atom is -0.465 e. The van der Waals surface area contributed by atoms with Gasteiger partial charge in [-0.2, -0.15) is 0 Å². The highest BCUT2D eigenvalue weighted by Crippen LogP contribution is 2.11. The maximum atomic E-state index is 11.7. The van der Waals surface area contributed by atoms with Crippen molar-refractivity contribution in [1.82, 2.24) is 0 Å². The van der Waals surface area contributed by atoms with Crippen molar-refractivity contribution in [3.05, 3.63) is 0 Å². The fourth-order valence-corrected chi connectivity index (χ4v) is 1.88. The van der Waals surface area contributed by atoms with Crippen LogP contribution < -0.4 is 5.73 Å². The van der Waals surface area contributed by atoms with E-state index in [4.69, 9.17) is 10.5 Å². The van der Waals surface area contributed by atoms with E-state index in [1.54, 1.807) is 0 Å². The predicted molar refractivity (Wildman–Crippen MR) is 76.4 cm³/mol. The van der Waals surface area contributed by atoms with Gasteiger partial charge in [0.15, 0.2) is 0 Å². The Morgan fingerprint density at radius 1 is 1.06 bits per heavy atom. The fraction of sp³-hybridized carbons (Fsp3) is 0.933. The van der Waals surface area contributed by atoms with E-state index >= 15 is 0 Å². The van der Waals surface area contributed by atoms with E-state index in [1.165, 1.54) is 25.7 Å². The molecule has 0 saturated heterocycles. The molecule has 108 valence electrons. The first-order valence-corrected chi connectivity index (χ1v) is 7.50. The van der Waals surface area contributed by atoms with Crippen LogP contribution >= 0.6 is 0 Å². The van der Waals surface area contributed by atoms with E-state index in [2.05, 4.69) is 6.92 Å². The molecule has 2 atom stereocenters. The number of carbonyl (C=O) groups is 1. The first kappa shape index (κ1) is 17.4. The third-order valence-electron chi connectivity index (χ3n) is 3.19. The van der Waals surface area contributed by atoms with Gasteiger partial charge in [0, 0.05) is 6.04 Å². The monoisotopic (exact) mass is 257 g/mol. The Kier molecular flexibility index (Phi) is 11.2. The van der Waals surface area contributed by atoms with Gasteiger partial charge in [0.1, 0.15) is 0 Å². The van der Waals surface area contributed by atoms with Gasteiger partial charge in [0.2, 0.25) is 0 Å². The van der Waals surface area contributed by atoms with E-state index in [9.17, 15) is 4.79 Å². The lowest BCUT2D eigenvalue weighted by Gasteiger charge is -2.12. The molecule has 0 aliphatic rings. The van der Waals surface area contributed by atoms with Crippen LogP contribution in [0.3, 0.4) is 0 Å². The van der Waals surface area contributed by atoms with Crippen molar-refractivity contribution in [2.24, 2.45) is 11.7 Å². The van der Waals surface area contributed by atoms with Crippen LogP contribution in [0.4, 0.5) is 0 Å². The standard InChI is InChI=1S/C15H31NO2/c1-4-5-6-7-8-12-18-15(17)13(2)10-9-11-14(3)16/h13-14H,4-12,16H2,1-3H3. The van der Waals surface area contributed by atoms with Crippen molar-refractivity contribution in [2.45, 2.75) is 78.2 Å². The minimum absolute atomic E-state index is 0.0133. The highest BCUT2D eigenvalue weighted by atomic mass is 16.5. The Labute approximate surface area is 112 Å². The number of unbranched alkanes of at least 4 members (excludes halogenated alkanes) is 4. The number of rotatable bonds is 11. The van der Waals surface area contributed by atoms with Crippen molar-refractivity contribution in [3.63, 3.8) is 0 Å². The molecule has 2 unspecified atom stereocenters. The second kappa shape index (κ2) is 11.5. The lowest BCUT2D eigenvalue weighted by atomic mass is 10.0. The maximum absolute atomic E-state index is 11.7. The summed E-state index contributed by atoms with van der Waals surface area (Å²) in [6, 6.07) is 0.229. The Morgan fingerprint density at radius 2 is 1.72 bits per heavy atom. The number of hydrogen-bond donors (Lipinski definition) is 1. The highest BCUT2D eigenvalue weighted by Gasteiger charge is 2.13. The topological polar surface area (TPSA) is 52.3 Å². The molecular weight excluding hydrogens is 226 g/mol. The molecule has 0 heterocycles. The molecule has 3 heteroatoms. The predicted octanol–water partition coefficient (Wildman–Crippen LogP) is 3.65. The zero-order chi connectivity index (χ0) is 13.8. The zero-order valence-corrected chi connectivity index (χ0v) is 12.4. The second-order valence-electron chi connectivity index (χ2n) is 5.39. The van der Waals surface area contributed by atoms with Crippen LogP contribution in [-0.4, -0.2) is 18.6 Å². The average molecular weight is 257 g/mol. The lowest BCUT2D eigenvalue weighted by Crippen LogP contribution is -2.18. The summed E-state index contributed by atoms with van der Waals surface area (Å²) in [6.45, 7) is 6.73. The van der Waals surface area contributed by atoms with Crippen LogP contribution in [0.25, 0.3) is 0 Å². The lowest BCUT2D eigenvalue weighted by molar-refractivity contribution is -0.148. The van der Waals surface area contributed by atoms with Crippen LogP contribution in [0.2, 0.25) is 0 Å². The Hall–Kier alpha value is -0.570. The Morgan fingerprint density at radius 3 is 2.33 bits per heavy atom. The number of hydrogen-bond acceptors (Lipinski definition) is 3. The summed E-state index contributed by atoms with van der Waals surface area (Å²) in [4.78, 5) is 11.7. The molecule has 0 aromatic heterocycles. The molecule has 0 aromatic carbocycles. The summed E-state index contributed by atoms with van der Waals surface area (Å²) < 4.78 is 5.27. The van der Waals surface area contributed by atoms with E-state index in [1.807, 2.05) is 13.8 Å². The van der Waals surface area contributed by atoms with Crippen LogP contribution in [0.1, 0.15) is 72.1 Å². The molecule has 0 radical (unpaired) electrons. The molecule has 0 aliphatic carbocycles. The first-order chi connectivity index (χ1) is 8.57. The number of carbonyl (C=O) groups excluding carboxylic acids is 1. The third kappa shape index (κ3) is 10.6. The molecule has 0 aliphatic heterocycles. The van der Waals surface area contributed by atoms with E-state index < -0.39 is 0 Å². The van der Waals surface area contributed by atoms with Crippen LogP contribution in [-0.2, 0) is 9.53 Å². The summed E-state index contributed by atoms with van der Waals surface area (Å²) in [5, 5.41) is 0. The van der Waals surface area contributed by atoms with E-state index in [0.29, 0.717) is 6.61 Å². The van der Waals surface area contributed by atoms with Crippen LogP contribution in [0, 0.1) is 5.92 Å². The maximum Gasteiger partial charge on any atom is 0.308 e. The minimum atomic E-state index is -0.0461. The van der Waals surface area contributed by atoms with Gasteiger partial charge < -0.3 is 10.5 Å². The van der Waals surface area contributed by atoms with E-state index in [-0.39, 0.29) is 17.9 Å². The Bertz CT molecular complexity index is 205. The van der Waals surface area contributed by atoms with E-state index in [0.717, 1.165) is 25.7 Å².